The number of carbonyl (C=O) groups excluding carboxylic acids is 1. The molecule has 2 aromatic carbocycles. The van der Waals surface area contributed by atoms with Gasteiger partial charge in [-0.05, 0) is 43.4 Å². The highest BCUT2D eigenvalue weighted by atomic mass is 32.2. The maximum atomic E-state index is 11.8. The molecule has 0 atom stereocenters. The second-order valence-electron chi connectivity index (χ2n) is 5.43. The number of rotatable bonds is 5. The summed E-state index contributed by atoms with van der Waals surface area (Å²) in [5.74, 6) is 0.778. The quantitative estimate of drug-likeness (QED) is 0.598. The lowest BCUT2D eigenvalue weighted by atomic mass is 10.1. The maximum Gasteiger partial charge on any atom is 0.309 e. The van der Waals surface area contributed by atoms with Crippen LogP contribution in [0.4, 0.5) is 10.5 Å². The van der Waals surface area contributed by atoms with Gasteiger partial charge in [0.05, 0.1) is 5.69 Å². The van der Waals surface area contributed by atoms with E-state index in [0.717, 1.165) is 28.6 Å². The Morgan fingerprint density at radius 3 is 2.67 bits per heavy atom. The zero-order valence-corrected chi connectivity index (χ0v) is 14.9. The van der Waals surface area contributed by atoms with E-state index >= 15 is 0 Å². The predicted octanol–water partition coefficient (Wildman–Crippen LogP) is 5.20. The molecule has 0 saturated heterocycles. The Morgan fingerprint density at radius 2 is 2.04 bits per heavy atom. The van der Waals surface area contributed by atoms with Crippen LogP contribution < -0.4 is 9.80 Å². The lowest BCUT2D eigenvalue weighted by Gasteiger charge is -2.19. The van der Waals surface area contributed by atoms with E-state index in [1.807, 2.05) is 44.2 Å². The van der Waals surface area contributed by atoms with Crippen molar-refractivity contribution in [3.63, 3.8) is 0 Å². The van der Waals surface area contributed by atoms with Crippen molar-refractivity contribution in [2.24, 2.45) is 0 Å². The van der Waals surface area contributed by atoms with Crippen LogP contribution in [0.1, 0.15) is 22.3 Å². The fraction of sp³-hybridized carbons (Fsp3) is 0.211. The van der Waals surface area contributed by atoms with Crippen LogP contribution in [0.25, 0.3) is 6.08 Å². The average molecular weight is 343 g/mol. The zero-order valence-electron chi connectivity index (χ0n) is 14.1. The van der Waals surface area contributed by atoms with Crippen molar-refractivity contribution >= 4 is 28.8 Å². The van der Waals surface area contributed by atoms with Gasteiger partial charge in [-0.3, -0.25) is 10.0 Å². The third kappa shape index (κ3) is 4.19. The molecule has 4 nitrogen and oxygen atoms in total. The van der Waals surface area contributed by atoms with Crippen LogP contribution >= 0.6 is 11.8 Å². The summed E-state index contributed by atoms with van der Waals surface area (Å²) in [6.45, 7) is 7.98. The molecule has 0 saturated carbocycles. The minimum absolute atomic E-state index is 0.245. The number of benzene rings is 2. The number of anilines is 1. The summed E-state index contributed by atoms with van der Waals surface area (Å²) in [6.07, 6.45) is 3.28. The van der Waals surface area contributed by atoms with Crippen molar-refractivity contribution < 1.29 is 14.7 Å². The smallest absolute Gasteiger partial charge is 0.309 e. The van der Waals surface area contributed by atoms with Crippen molar-refractivity contribution in [3.8, 4) is 5.75 Å². The number of aryl methyl sites for hydroxylation is 2. The molecule has 0 aliphatic heterocycles. The topological polar surface area (TPSA) is 49.8 Å². The van der Waals surface area contributed by atoms with E-state index in [0.29, 0.717) is 16.3 Å². The van der Waals surface area contributed by atoms with Gasteiger partial charge in [-0.25, -0.2) is 0 Å². The van der Waals surface area contributed by atoms with Gasteiger partial charge in [0.2, 0.25) is 0 Å². The third-order valence-electron chi connectivity index (χ3n) is 3.63. The van der Waals surface area contributed by atoms with Crippen LogP contribution in [-0.4, -0.2) is 16.7 Å². The van der Waals surface area contributed by atoms with Crippen LogP contribution in [-0.2, 0) is 6.61 Å². The van der Waals surface area contributed by atoms with E-state index < -0.39 is 5.24 Å². The van der Waals surface area contributed by atoms with Gasteiger partial charge in [0.25, 0.3) is 0 Å². The molecule has 0 spiro atoms. The molecule has 0 heterocycles. The van der Waals surface area contributed by atoms with Gasteiger partial charge in [0, 0.05) is 5.56 Å². The number of hydrogen-bond acceptors (Lipinski definition) is 4. The van der Waals surface area contributed by atoms with Gasteiger partial charge in [0.1, 0.15) is 12.4 Å². The molecule has 1 amide bonds. The average Bonchev–Trinajstić information content (AvgIpc) is 2.59. The molecule has 5 heteroatoms. The number of nitrogens with zero attached hydrogens (tertiary/aromatic N) is 1. The van der Waals surface area contributed by atoms with E-state index in [-0.39, 0.29) is 6.61 Å². The third-order valence-corrected chi connectivity index (χ3v) is 4.16. The van der Waals surface area contributed by atoms with E-state index in [1.165, 1.54) is 5.56 Å². The van der Waals surface area contributed by atoms with Crippen molar-refractivity contribution in [1.82, 2.24) is 0 Å². The largest absolute Gasteiger partial charge is 0.489 e. The summed E-state index contributed by atoms with van der Waals surface area (Å²) in [4.78, 5) is 11.8. The molecule has 126 valence electrons. The first kappa shape index (κ1) is 18.1. The van der Waals surface area contributed by atoms with Gasteiger partial charge in [-0.1, -0.05) is 54.2 Å². The summed E-state index contributed by atoms with van der Waals surface area (Å²) in [5.41, 5.74) is 4.14. The Morgan fingerprint density at radius 1 is 1.29 bits per heavy atom. The van der Waals surface area contributed by atoms with Gasteiger partial charge >= 0.3 is 5.24 Å². The fourth-order valence-corrected chi connectivity index (χ4v) is 2.60. The Hall–Kier alpha value is -2.24. The number of hydrogen-bond donors (Lipinski definition) is 1. The summed E-state index contributed by atoms with van der Waals surface area (Å²) >= 11 is 0.939. The van der Waals surface area contributed by atoms with Crippen LogP contribution in [0.5, 0.6) is 5.75 Å². The lowest BCUT2D eigenvalue weighted by molar-refractivity contribution is 0.223. The minimum atomic E-state index is -0.455. The van der Waals surface area contributed by atoms with Gasteiger partial charge in [-0.15, -0.1) is 0 Å². The number of thioether (sulfide) groups is 1. The van der Waals surface area contributed by atoms with Crippen molar-refractivity contribution in [2.75, 3.05) is 11.3 Å². The first-order valence-corrected chi connectivity index (χ1v) is 8.71. The predicted molar refractivity (Wildman–Crippen MR) is 100.0 cm³/mol. The Labute approximate surface area is 146 Å². The molecule has 24 heavy (non-hydrogen) atoms. The summed E-state index contributed by atoms with van der Waals surface area (Å²) in [5, 5.41) is 10.3. The molecular weight excluding hydrogens is 322 g/mol. The van der Waals surface area contributed by atoms with E-state index in [1.54, 1.807) is 18.4 Å². The van der Waals surface area contributed by atoms with Gasteiger partial charge in [-0.2, -0.15) is 5.06 Å². The van der Waals surface area contributed by atoms with Crippen LogP contribution in [0.3, 0.4) is 0 Å². The van der Waals surface area contributed by atoms with E-state index in [4.69, 9.17) is 4.74 Å². The number of ether oxygens (including phenoxy) is 1. The molecular formula is C19H21NO3S. The molecule has 0 bridgehead atoms. The van der Waals surface area contributed by atoms with Gasteiger partial charge < -0.3 is 4.74 Å². The number of amides is 1. The lowest BCUT2D eigenvalue weighted by Crippen LogP contribution is -2.24. The number of carbonyl (C=O) groups is 1. The van der Waals surface area contributed by atoms with Gasteiger partial charge in [0.15, 0.2) is 0 Å². The Balaban J connectivity index is 2.28. The molecule has 0 aliphatic rings. The highest BCUT2D eigenvalue weighted by Gasteiger charge is 2.17. The monoisotopic (exact) mass is 343 g/mol. The SMILES string of the molecule is C=Cc1ccc(COc2ccc(C)cc2C)c(N(O)C(=O)SC)c1. The molecule has 0 fully saturated rings. The standard InChI is InChI=1S/C19H21NO3S/c1-5-15-7-8-16(17(11-15)20(22)19(21)24-4)12-23-18-9-6-13(2)10-14(18)3/h5-11,22H,1,12H2,2-4H3. The Kier molecular flexibility index (Phi) is 6.06. The number of hydroxylamine groups is 1. The fourth-order valence-electron chi connectivity index (χ4n) is 2.33. The van der Waals surface area contributed by atoms with Crippen molar-refractivity contribution in [3.05, 3.63) is 65.2 Å². The van der Waals surface area contributed by atoms with Crippen molar-refractivity contribution in [2.45, 2.75) is 20.5 Å². The van der Waals surface area contributed by atoms with E-state index in [9.17, 15) is 10.0 Å². The summed E-state index contributed by atoms with van der Waals surface area (Å²) in [7, 11) is 0. The molecule has 0 aliphatic carbocycles. The summed E-state index contributed by atoms with van der Waals surface area (Å²) < 4.78 is 5.87. The highest BCUT2D eigenvalue weighted by molar-refractivity contribution is 8.13. The maximum absolute atomic E-state index is 11.8. The molecule has 1 N–H and O–H groups in total. The Bertz CT molecular complexity index is 758. The molecule has 2 rings (SSSR count). The highest BCUT2D eigenvalue weighted by Crippen LogP contribution is 2.27. The first-order chi connectivity index (χ1) is 11.5. The first-order valence-electron chi connectivity index (χ1n) is 7.48. The van der Waals surface area contributed by atoms with Crippen LogP contribution in [0.2, 0.25) is 0 Å². The van der Waals surface area contributed by atoms with Crippen LogP contribution in [0, 0.1) is 13.8 Å². The molecule has 2 aromatic rings. The zero-order chi connectivity index (χ0) is 17.7. The normalized spacial score (nSPS) is 10.3. The molecule has 0 aromatic heterocycles. The van der Waals surface area contributed by atoms with E-state index in [2.05, 4.69) is 6.58 Å². The summed E-state index contributed by atoms with van der Waals surface area (Å²) in [6, 6.07) is 11.4. The second-order valence-corrected chi connectivity index (χ2v) is 6.19. The molecule has 0 unspecified atom stereocenters. The van der Waals surface area contributed by atoms with Crippen molar-refractivity contribution in [1.29, 1.82) is 0 Å². The minimum Gasteiger partial charge on any atom is -0.489 e. The molecule has 0 radical (unpaired) electrons. The van der Waals surface area contributed by atoms with Crippen LogP contribution in [0.15, 0.2) is 43.0 Å². The second kappa shape index (κ2) is 8.04.